The van der Waals surface area contributed by atoms with Gasteiger partial charge < -0.3 is 24.1 Å². The second kappa shape index (κ2) is 8.56. The van der Waals surface area contributed by atoms with Gasteiger partial charge in [-0.05, 0) is 56.8 Å². The molecule has 6 bridgehead atoms. The van der Waals surface area contributed by atoms with Crippen LogP contribution in [0.25, 0.3) is 0 Å². The molecule has 8 atom stereocenters. The van der Waals surface area contributed by atoms with Gasteiger partial charge in [-0.15, -0.1) is 0 Å². The van der Waals surface area contributed by atoms with Crippen molar-refractivity contribution in [3.8, 4) is 0 Å². The van der Waals surface area contributed by atoms with E-state index in [1.54, 1.807) is 0 Å². The van der Waals surface area contributed by atoms with Gasteiger partial charge >= 0.3 is 39.2 Å². The van der Waals surface area contributed by atoms with Crippen molar-refractivity contribution < 1.29 is 65.0 Å². The number of hydrogen-bond acceptors (Lipinski definition) is 11. The zero-order chi connectivity index (χ0) is 28.1. The second-order valence-electron chi connectivity index (χ2n) is 12.3. The van der Waals surface area contributed by atoms with Crippen molar-refractivity contribution in [1.82, 2.24) is 0 Å². The topological polar surface area (TPSA) is 180 Å². The van der Waals surface area contributed by atoms with Crippen LogP contribution < -0.4 is 0 Å². The summed E-state index contributed by atoms with van der Waals surface area (Å²) >= 11 is 0. The molecule has 1 saturated heterocycles. The van der Waals surface area contributed by atoms with Crippen molar-refractivity contribution in [1.29, 1.82) is 0 Å². The van der Waals surface area contributed by atoms with E-state index in [0.29, 0.717) is 18.3 Å². The van der Waals surface area contributed by atoms with Gasteiger partial charge in [0.05, 0.1) is 24.0 Å². The number of alkyl halides is 2. The lowest BCUT2D eigenvalue weighted by molar-refractivity contribution is -0.190. The molecule has 0 aromatic heterocycles. The van der Waals surface area contributed by atoms with Crippen LogP contribution in [0.2, 0.25) is 0 Å². The summed E-state index contributed by atoms with van der Waals surface area (Å²) in [5, 5.41) is 5.59. The minimum Gasteiger partial charge on any atom is -0.463 e. The van der Waals surface area contributed by atoms with Crippen LogP contribution in [-0.2, 0) is 48.2 Å². The molecule has 7 fully saturated rings. The van der Waals surface area contributed by atoms with Gasteiger partial charge in [-0.25, -0.2) is 9.59 Å². The molecule has 12 nitrogen and oxygen atoms in total. The molecule has 39 heavy (non-hydrogen) atoms. The molecule has 15 heteroatoms. The first-order valence-corrected chi connectivity index (χ1v) is 14.4. The van der Waals surface area contributed by atoms with Crippen LogP contribution in [0.3, 0.4) is 0 Å². The Labute approximate surface area is 221 Å². The molecule has 0 radical (unpaired) electrons. The maximum Gasteiger partial charge on any atom is 0.465 e. The van der Waals surface area contributed by atoms with Crippen molar-refractivity contribution in [3.05, 3.63) is 0 Å². The predicted octanol–water partition coefficient (Wildman–Crippen LogP) is 0.604. The number of carbonyl (C=O) groups is 4. The van der Waals surface area contributed by atoms with Crippen molar-refractivity contribution >= 4 is 34.0 Å². The van der Waals surface area contributed by atoms with Crippen LogP contribution in [0.1, 0.15) is 44.9 Å². The third-order valence-electron chi connectivity index (χ3n) is 9.65. The number of hydrogen-bond donors (Lipinski definition) is 2. The summed E-state index contributed by atoms with van der Waals surface area (Å²) in [6.45, 7) is -0.681. The largest absolute Gasteiger partial charge is 0.465 e. The van der Waals surface area contributed by atoms with Gasteiger partial charge in [0.1, 0.15) is 12.2 Å². The fraction of sp³-hybridized carbons (Fsp3) is 0.833. The van der Waals surface area contributed by atoms with Crippen LogP contribution in [0.5, 0.6) is 0 Å². The van der Waals surface area contributed by atoms with E-state index in [4.69, 9.17) is 18.8 Å². The van der Waals surface area contributed by atoms with Crippen LogP contribution in [-0.4, -0.2) is 78.2 Å². The Bertz CT molecular complexity index is 1220. The molecule has 216 valence electrons. The highest BCUT2D eigenvalue weighted by molar-refractivity contribution is 7.87. The lowest BCUT2D eigenvalue weighted by Crippen LogP contribution is -2.57. The first-order chi connectivity index (χ1) is 18.1. The third kappa shape index (κ3) is 4.22. The SMILES string of the molecule is O=C(COC(=O)C1C2CC3C(OC(=O)C31)C2OC(=O)C(F)(F)S(=O)(=O)O)OCC12CC3CC(CC(O)(C3)C1)C2. The highest BCUT2D eigenvalue weighted by Gasteiger charge is 2.71. The van der Waals surface area contributed by atoms with E-state index < -0.39 is 87.3 Å². The number of halogens is 2. The standard InChI is InChI=1S/C24H28F2O12S/c25-24(26,39(32,33)34)21(30)38-18-12-2-13-16(20(29)37-17(13)18)15(12)19(28)35-7-14(27)36-9-22-3-10-1-11(4-22)6-23(31,5-10)8-22/h10-13,15-18,31H,1-9H2,(H,32,33,34). The normalized spacial score (nSPS) is 43.3. The van der Waals surface area contributed by atoms with E-state index in [1.165, 1.54) is 0 Å². The van der Waals surface area contributed by atoms with Crippen LogP contribution >= 0.6 is 0 Å². The zero-order valence-corrected chi connectivity index (χ0v) is 21.4. The summed E-state index contributed by atoms with van der Waals surface area (Å²) in [6, 6.07) is 0. The number of rotatable bonds is 8. The summed E-state index contributed by atoms with van der Waals surface area (Å²) in [6.07, 6.45) is 2.19. The predicted molar refractivity (Wildman–Crippen MR) is 119 cm³/mol. The zero-order valence-electron chi connectivity index (χ0n) is 20.6. The highest BCUT2D eigenvalue weighted by atomic mass is 32.2. The molecule has 1 aliphatic heterocycles. The summed E-state index contributed by atoms with van der Waals surface area (Å²) < 4.78 is 78.3. The van der Waals surface area contributed by atoms with E-state index in [2.05, 4.69) is 4.74 Å². The molecule has 0 spiro atoms. The van der Waals surface area contributed by atoms with E-state index >= 15 is 0 Å². The number of aliphatic hydroxyl groups is 1. The summed E-state index contributed by atoms with van der Waals surface area (Å²) in [7, 11) is -6.13. The molecule has 7 aliphatic rings. The van der Waals surface area contributed by atoms with E-state index in [1.807, 2.05) is 0 Å². The van der Waals surface area contributed by atoms with E-state index in [-0.39, 0.29) is 18.4 Å². The van der Waals surface area contributed by atoms with Gasteiger partial charge in [-0.1, -0.05) is 0 Å². The Balaban J connectivity index is 1.07. The average molecular weight is 579 g/mol. The van der Waals surface area contributed by atoms with Gasteiger partial charge in [0.25, 0.3) is 0 Å². The molecule has 0 aromatic carbocycles. The lowest BCUT2D eigenvalue weighted by Gasteiger charge is -2.59. The van der Waals surface area contributed by atoms with Crippen molar-refractivity contribution in [2.45, 2.75) is 68.0 Å². The monoisotopic (exact) mass is 578 g/mol. The van der Waals surface area contributed by atoms with E-state index in [9.17, 15) is 41.5 Å². The molecular weight excluding hydrogens is 550 g/mol. The van der Waals surface area contributed by atoms with Gasteiger partial charge in [0.2, 0.25) is 0 Å². The van der Waals surface area contributed by atoms with Crippen molar-refractivity contribution in [2.24, 2.45) is 40.9 Å². The van der Waals surface area contributed by atoms with Crippen LogP contribution in [0, 0.1) is 40.9 Å². The molecule has 2 N–H and O–H groups in total. The Hall–Kier alpha value is -2.39. The molecule has 8 unspecified atom stereocenters. The Morgan fingerprint density at radius 2 is 1.72 bits per heavy atom. The third-order valence-corrected chi connectivity index (χ3v) is 10.5. The van der Waals surface area contributed by atoms with Crippen LogP contribution in [0.4, 0.5) is 8.78 Å². The first kappa shape index (κ1) is 26.8. The number of ether oxygens (including phenoxy) is 4. The number of fused-ring (bicyclic) bond motifs is 1. The lowest BCUT2D eigenvalue weighted by atomic mass is 9.48. The van der Waals surface area contributed by atoms with Crippen molar-refractivity contribution in [3.63, 3.8) is 0 Å². The summed E-state index contributed by atoms with van der Waals surface area (Å²) in [5.74, 6) is -8.37. The minimum absolute atomic E-state index is 0.0778. The molecule has 7 rings (SSSR count). The molecule has 6 saturated carbocycles. The Kier molecular flexibility index (Phi) is 5.88. The quantitative estimate of drug-likeness (QED) is 0.233. The summed E-state index contributed by atoms with van der Waals surface area (Å²) in [4.78, 5) is 49.6. The fourth-order valence-corrected chi connectivity index (χ4v) is 9.10. The van der Waals surface area contributed by atoms with E-state index in [0.717, 1.165) is 32.1 Å². The molecule has 1 heterocycles. The summed E-state index contributed by atoms with van der Waals surface area (Å²) in [5.41, 5.74) is -1.04. The molecular formula is C24H28F2O12S. The van der Waals surface area contributed by atoms with Crippen molar-refractivity contribution in [2.75, 3.05) is 13.2 Å². The fourth-order valence-electron chi connectivity index (χ4n) is 8.84. The van der Waals surface area contributed by atoms with Crippen LogP contribution in [0.15, 0.2) is 0 Å². The maximum absolute atomic E-state index is 13.8. The average Bonchev–Trinajstić information content (AvgIpc) is 3.43. The van der Waals surface area contributed by atoms with Gasteiger partial charge in [-0.2, -0.15) is 17.2 Å². The van der Waals surface area contributed by atoms with Gasteiger partial charge in [-0.3, -0.25) is 14.1 Å². The van der Waals surface area contributed by atoms with Gasteiger partial charge in [0, 0.05) is 17.3 Å². The Morgan fingerprint density at radius 3 is 2.33 bits per heavy atom. The highest BCUT2D eigenvalue weighted by Crippen LogP contribution is 2.62. The molecule has 0 amide bonds. The molecule has 0 aromatic rings. The Morgan fingerprint density at radius 1 is 1.05 bits per heavy atom. The molecule has 6 aliphatic carbocycles. The minimum atomic E-state index is -6.13. The number of esters is 4. The van der Waals surface area contributed by atoms with Gasteiger partial charge in [0.15, 0.2) is 6.61 Å². The first-order valence-electron chi connectivity index (χ1n) is 12.9. The maximum atomic E-state index is 13.8. The smallest absolute Gasteiger partial charge is 0.463 e. The number of carbonyl (C=O) groups excluding carboxylic acids is 4. The second-order valence-corrected chi connectivity index (χ2v) is 13.8.